The average molecular weight is 457 g/mol. The lowest BCUT2D eigenvalue weighted by atomic mass is 9.77. The zero-order chi connectivity index (χ0) is 22.7. The Morgan fingerprint density at radius 1 is 0.781 bits per heavy atom. The van der Waals surface area contributed by atoms with E-state index < -0.39 is 17.5 Å². The second-order valence-electron chi connectivity index (χ2n) is 8.91. The van der Waals surface area contributed by atoms with Crippen molar-refractivity contribution in [3.05, 3.63) is 93.8 Å². The minimum Gasteiger partial charge on any atom is -0.206 e. The summed E-state index contributed by atoms with van der Waals surface area (Å²) < 4.78 is 43.1. The highest BCUT2D eigenvalue weighted by Gasteiger charge is 2.23. The van der Waals surface area contributed by atoms with Crippen LogP contribution >= 0.6 is 11.6 Å². The molecular formula is C28H28ClF3. The molecule has 0 amide bonds. The number of halogens is 4. The topological polar surface area (TPSA) is 0 Å². The van der Waals surface area contributed by atoms with E-state index in [9.17, 15) is 13.2 Å². The summed E-state index contributed by atoms with van der Waals surface area (Å²) >= 11 is 5.68. The van der Waals surface area contributed by atoms with Crippen LogP contribution in [0.2, 0.25) is 5.02 Å². The van der Waals surface area contributed by atoms with Crippen molar-refractivity contribution < 1.29 is 13.2 Å². The van der Waals surface area contributed by atoms with Gasteiger partial charge in [-0.3, -0.25) is 0 Å². The number of hydrogen-bond donors (Lipinski definition) is 0. The largest absolute Gasteiger partial charge is 0.206 e. The van der Waals surface area contributed by atoms with Gasteiger partial charge in [-0.25, -0.2) is 13.2 Å². The van der Waals surface area contributed by atoms with Crippen LogP contribution in [0, 0.1) is 23.4 Å². The maximum absolute atomic E-state index is 14.7. The van der Waals surface area contributed by atoms with Crippen LogP contribution in [-0.2, 0) is 12.8 Å². The van der Waals surface area contributed by atoms with Crippen molar-refractivity contribution in [2.24, 2.45) is 5.92 Å². The highest BCUT2D eigenvalue weighted by Crippen LogP contribution is 2.38. The second-order valence-corrected chi connectivity index (χ2v) is 9.32. The maximum atomic E-state index is 14.7. The van der Waals surface area contributed by atoms with Crippen molar-refractivity contribution in [3.8, 4) is 11.1 Å². The number of hydrogen-bond acceptors (Lipinski definition) is 0. The second kappa shape index (κ2) is 10.1. The molecule has 4 rings (SSSR count). The molecule has 0 aromatic heterocycles. The molecule has 1 aliphatic rings. The van der Waals surface area contributed by atoms with Crippen LogP contribution in [-0.4, -0.2) is 0 Å². The van der Waals surface area contributed by atoms with Crippen LogP contribution in [0.1, 0.15) is 61.6 Å². The summed E-state index contributed by atoms with van der Waals surface area (Å²) in [6, 6.07) is 15.6. The Balaban J connectivity index is 1.35. The van der Waals surface area contributed by atoms with Crippen LogP contribution < -0.4 is 0 Å². The fraction of sp³-hybridized carbons (Fsp3) is 0.357. The molecule has 1 saturated carbocycles. The first kappa shape index (κ1) is 22.9. The van der Waals surface area contributed by atoms with Gasteiger partial charge in [0.05, 0.1) is 10.6 Å². The van der Waals surface area contributed by atoms with E-state index in [0.29, 0.717) is 23.8 Å². The summed E-state index contributed by atoms with van der Waals surface area (Å²) in [6.45, 7) is 2.17. The van der Waals surface area contributed by atoms with Gasteiger partial charge < -0.3 is 0 Å². The molecule has 4 heteroatoms. The van der Waals surface area contributed by atoms with Gasteiger partial charge in [-0.05, 0) is 103 Å². The molecule has 0 atom stereocenters. The summed E-state index contributed by atoms with van der Waals surface area (Å²) in [5.74, 6) is -0.825. The standard InChI is InChI=1S/C28H28ClF3/c1-2-18-5-9-21(10-6-18)22-11-7-19(8-12-22)3-4-20-15-26(31)28(27(32)16-20)23-13-14-24(29)25(30)17-23/h5-6,9-10,13-17,19,22H,2-4,7-8,11-12H2,1H3. The first-order valence-corrected chi connectivity index (χ1v) is 11.8. The Labute approximate surface area is 193 Å². The van der Waals surface area contributed by atoms with E-state index in [1.807, 2.05) is 0 Å². The molecule has 0 nitrogen and oxygen atoms in total. The van der Waals surface area contributed by atoms with Crippen molar-refractivity contribution in [2.75, 3.05) is 0 Å². The van der Waals surface area contributed by atoms with E-state index in [4.69, 9.17) is 11.6 Å². The van der Waals surface area contributed by atoms with Gasteiger partial charge in [0.2, 0.25) is 0 Å². The van der Waals surface area contributed by atoms with Gasteiger partial charge in [-0.2, -0.15) is 0 Å². The first-order valence-electron chi connectivity index (χ1n) is 11.5. The third-order valence-corrected chi connectivity index (χ3v) is 7.16. The average Bonchev–Trinajstić information content (AvgIpc) is 2.80. The molecule has 1 fully saturated rings. The third kappa shape index (κ3) is 5.20. The third-order valence-electron chi connectivity index (χ3n) is 6.86. The van der Waals surface area contributed by atoms with Crippen molar-refractivity contribution >= 4 is 11.6 Å². The highest BCUT2D eigenvalue weighted by atomic mass is 35.5. The van der Waals surface area contributed by atoms with Crippen LogP contribution in [0.4, 0.5) is 13.2 Å². The van der Waals surface area contributed by atoms with Gasteiger partial charge in [0, 0.05) is 0 Å². The van der Waals surface area contributed by atoms with Gasteiger partial charge in [-0.15, -0.1) is 0 Å². The van der Waals surface area contributed by atoms with Gasteiger partial charge in [0.25, 0.3) is 0 Å². The molecular weight excluding hydrogens is 429 g/mol. The molecule has 0 N–H and O–H groups in total. The van der Waals surface area contributed by atoms with Gasteiger partial charge in [0.15, 0.2) is 0 Å². The highest BCUT2D eigenvalue weighted by molar-refractivity contribution is 6.30. The Kier molecular flexibility index (Phi) is 7.25. The molecule has 0 aliphatic heterocycles. The Hall–Kier alpha value is -2.26. The molecule has 32 heavy (non-hydrogen) atoms. The smallest absolute Gasteiger partial charge is 0.142 e. The molecule has 0 bridgehead atoms. The van der Waals surface area contributed by atoms with Gasteiger partial charge in [-0.1, -0.05) is 48.9 Å². The monoisotopic (exact) mass is 456 g/mol. The Bertz CT molecular complexity index is 1040. The van der Waals surface area contributed by atoms with E-state index in [1.54, 1.807) is 0 Å². The van der Waals surface area contributed by atoms with Crippen molar-refractivity contribution in [3.63, 3.8) is 0 Å². The van der Waals surface area contributed by atoms with Crippen molar-refractivity contribution in [1.29, 1.82) is 0 Å². The van der Waals surface area contributed by atoms with Crippen LogP contribution in [0.15, 0.2) is 54.6 Å². The predicted molar refractivity (Wildman–Crippen MR) is 126 cm³/mol. The molecule has 3 aromatic rings. The number of rotatable bonds is 6. The summed E-state index contributed by atoms with van der Waals surface area (Å²) in [6.07, 6.45) is 7.26. The molecule has 168 valence electrons. The summed E-state index contributed by atoms with van der Waals surface area (Å²) in [5.41, 5.74) is 3.39. The van der Waals surface area contributed by atoms with E-state index in [-0.39, 0.29) is 16.1 Å². The van der Waals surface area contributed by atoms with Crippen LogP contribution in [0.5, 0.6) is 0 Å². The zero-order valence-corrected chi connectivity index (χ0v) is 19.1. The lowest BCUT2D eigenvalue weighted by Crippen LogP contribution is -2.14. The van der Waals surface area contributed by atoms with Crippen molar-refractivity contribution in [2.45, 2.75) is 57.8 Å². The summed E-state index contributed by atoms with van der Waals surface area (Å²) in [7, 11) is 0. The van der Waals surface area contributed by atoms with E-state index in [0.717, 1.165) is 31.7 Å². The Morgan fingerprint density at radius 2 is 1.44 bits per heavy atom. The van der Waals surface area contributed by atoms with E-state index >= 15 is 0 Å². The minimum absolute atomic E-state index is 0.0705. The maximum Gasteiger partial charge on any atom is 0.142 e. The lowest BCUT2D eigenvalue weighted by molar-refractivity contribution is 0.310. The summed E-state index contributed by atoms with van der Waals surface area (Å²) in [4.78, 5) is 0. The summed E-state index contributed by atoms with van der Waals surface area (Å²) in [5, 5.41) is -0.0705. The molecule has 0 heterocycles. The molecule has 3 aromatic carbocycles. The molecule has 0 unspecified atom stereocenters. The SMILES string of the molecule is CCc1ccc(C2CCC(CCc3cc(F)c(-c4ccc(Cl)c(F)c4)c(F)c3)CC2)cc1. The lowest BCUT2D eigenvalue weighted by Gasteiger charge is -2.29. The quantitative estimate of drug-likeness (QED) is 0.347. The number of benzene rings is 3. The minimum atomic E-state index is -0.691. The van der Waals surface area contributed by atoms with E-state index in [1.165, 1.54) is 48.2 Å². The fourth-order valence-electron chi connectivity index (χ4n) is 4.88. The Morgan fingerprint density at radius 3 is 2.03 bits per heavy atom. The van der Waals surface area contributed by atoms with Crippen LogP contribution in [0.25, 0.3) is 11.1 Å². The van der Waals surface area contributed by atoms with E-state index in [2.05, 4.69) is 31.2 Å². The molecule has 0 radical (unpaired) electrons. The van der Waals surface area contributed by atoms with Crippen LogP contribution in [0.3, 0.4) is 0 Å². The fourth-order valence-corrected chi connectivity index (χ4v) is 5.00. The molecule has 1 aliphatic carbocycles. The normalized spacial score (nSPS) is 18.7. The van der Waals surface area contributed by atoms with Gasteiger partial charge >= 0.3 is 0 Å². The molecule has 0 spiro atoms. The first-order chi connectivity index (χ1) is 15.4. The zero-order valence-electron chi connectivity index (χ0n) is 18.3. The molecule has 0 saturated heterocycles. The van der Waals surface area contributed by atoms with Crippen molar-refractivity contribution in [1.82, 2.24) is 0 Å². The predicted octanol–water partition coefficient (Wildman–Crippen LogP) is 8.89. The van der Waals surface area contributed by atoms with Gasteiger partial charge in [0.1, 0.15) is 17.5 Å². The number of aryl methyl sites for hydroxylation is 2.